The van der Waals surface area contributed by atoms with Gasteiger partial charge in [0.2, 0.25) is 0 Å². The molecule has 0 saturated carbocycles. The van der Waals surface area contributed by atoms with Gasteiger partial charge in [-0.1, -0.05) is 62.2 Å². The summed E-state index contributed by atoms with van der Waals surface area (Å²) in [6.07, 6.45) is 1.64. The Labute approximate surface area is 256 Å². The molecule has 40 heavy (non-hydrogen) atoms. The minimum atomic E-state index is -0.422. The van der Waals surface area contributed by atoms with Crippen molar-refractivity contribution in [3.8, 4) is 17.2 Å². The first kappa shape index (κ1) is 30.3. The van der Waals surface area contributed by atoms with Crippen LogP contribution in [0.3, 0.4) is 0 Å². The largest absolute Gasteiger partial charge is 0.493 e. The molecule has 0 unspecified atom stereocenters. The van der Waals surface area contributed by atoms with Gasteiger partial charge in [-0.05, 0) is 86.7 Å². The van der Waals surface area contributed by atoms with Crippen LogP contribution in [-0.2, 0) is 16.8 Å². The maximum absolute atomic E-state index is 13.1. The zero-order chi connectivity index (χ0) is 29.0. The van der Waals surface area contributed by atoms with Crippen molar-refractivity contribution < 1.29 is 23.8 Å². The van der Waals surface area contributed by atoms with Gasteiger partial charge in [-0.25, -0.2) is 0 Å². The minimum absolute atomic E-state index is 0.0108. The van der Waals surface area contributed by atoms with Crippen LogP contribution in [0.25, 0.3) is 6.08 Å². The predicted octanol–water partition coefficient (Wildman–Crippen LogP) is 8.76. The lowest BCUT2D eigenvalue weighted by Crippen LogP contribution is -2.27. The first-order chi connectivity index (χ1) is 19.0. The Hall–Kier alpha value is -2.65. The Morgan fingerprint density at radius 1 is 0.975 bits per heavy atom. The van der Waals surface area contributed by atoms with E-state index in [1.165, 1.54) is 12.7 Å². The average Bonchev–Trinajstić information content (AvgIpc) is 3.16. The molecule has 1 aliphatic heterocycles. The second-order valence-corrected chi connectivity index (χ2v) is 12.6. The fraction of sp³-hybridized carbons (Fsp3) is 0.267. The van der Waals surface area contributed by atoms with Gasteiger partial charge in [-0.2, -0.15) is 0 Å². The minimum Gasteiger partial charge on any atom is -0.493 e. The van der Waals surface area contributed by atoms with Crippen LogP contribution in [0, 0.1) is 0 Å². The lowest BCUT2D eigenvalue weighted by molar-refractivity contribution is -0.123. The van der Waals surface area contributed by atoms with Crippen LogP contribution >= 0.6 is 50.9 Å². The van der Waals surface area contributed by atoms with Crippen molar-refractivity contribution in [1.29, 1.82) is 0 Å². The van der Waals surface area contributed by atoms with E-state index in [1.807, 2.05) is 12.1 Å². The standard InChI is InChI=1S/C30H28BrCl2NO5S/c1-30(2,3)19-8-10-20(11-9-19)38-12-13-39-27-22(31)14-18(15-25(27)37-4)16-26-28(35)34(29(36)40-26)17-21-23(32)6-5-7-24(21)33/h5-11,14-16H,12-13,17H2,1-4H3/b26-16-. The number of methoxy groups -OCH3 is 1. The SMILES string of the molecule is COc1cc(/C=C2\SC(=O)N(Cc3c(Cl)cccc3Cl)C2=O)cc(Br)c1OCCOc1ccc(C(C)(C)C)cc1. The van der Waals surface area contributed by atoms with Crippen LogP contribution in [0.4, 0.5) is 4.79 Å². The van der Waals surface area contributed by atoms with E-state index in [9.17, 15) is 9.59 Å². The van der Waals surface area contributed by atoms with Gasteiger partial charge >= 0.3 is 0 Å². The van der Waals surface area contributed by atoms with Gasteiger partial charge in [0.15, 0.2) is 11.5 Å². The van der Waals surface area contributed by atoms with Gasteiger partial charge in [0.05, 0.1) is 23.0 Å². The summed E-state index contributed by atoms with van der Waals surface area (Å²) in [7, 11) is 1.53. The highest BCUT2D eigenvalue weighted by Crippen LogP contribution is 2.40. The molecular weight excluding hydrogens is 637 g/mol. The molecule has 2 amide bonds. The lowest BCUT2D eigenvalue weighted by atomic mass is 9.87. The van der Waals surface area contributed by atoms with Crippen molar-refractivity contribution in [3.63, 3.8) is 0 Å². The smallest absolute Gasteiger partial charge is 0.293 e. The van der Waals surface area contributed by atoms with Gasteiger partial charge in [-0.3, -0.25) is 14.5 Å². The monoisotopic (exact) mass is 663 g/mol. The van der Waals surface area contributed by atoms with E-state index in [2.05, 4.69) is 48.8 Å². The first-order valence-corrected chi connectivity index (χ1v) is 14.8. The molecule has 3 aromatic carbocycles. The molecule has 0 radical (unpaired) electrons. The van der Waals surface area contributed by atoms with Gasteiger partial charge < -0.3 is 14.2 Å². The van der Waals surface area contributed by atoms with Crippen LogP contribution in [0.15, 0.2) is 64.0 Å². The number of halogens is 3. The van der Waals surface area contributed by atoms with E-state index >= 15 is 0 Å². The van der Waals surface area contributed by atoms with E-state index in [4.69, 9.17) is 37.4 Å². The van der Waals surface area contributed by atoms with Crippen LogP contribution in [0.1, 0.15) is 37.5 Å². The van der Waals surface area contributed by atoms with Crippen molar-refractivity contribution in [3.05, 3.63) is 90.7 Å². The summed E-state index contributed by atoms with van der Waals surface area (Å²) in [5, 5.41) is 0.388. The summed E-state index contributed by atoms with van der Waals surface area (Å²) >= 11 is 16.9. The third-order valence-electron chi connectivity index (χ3n) is 6.12. The molecule has 0 spiro atoms. The molecule has 10 heteroatoms. The molecule has 1 heterocycles. The quantitative estimate of drug-likeness (QED) is 0.168. The number of imide groups is 1. The van der Waals surface area contributed by atoms with Gasteiger partial charge in [-0.15, -0.1) is 0 Å². The number of carbonyl (C=O) groups is 2. The van der Waals surface area contributed by atoms with Gasteiger partial charge in [0.25, 0.3) is 11.1 Å². The number of carbonyl (C=O) groups excluding carboxylic acids is 2. The fourth-order valence-corrected chi connectivity index (χ4v) is 5.88. The normalized spacial score (nSPS) is 14.7. The number of thioether (sulfide) groups is 1. The molecule has 1 saturated heterocycles. The summed E-state index contributed by atoms with van der Waals surface area (Å²) in [5.41, 5.74) is 2.49. The summed E-state index contributed by atoms with van der Waals surface area (Å²) < 4.78 is 18.0. The van der Waals surface area contributed by atoms with Crippen molar-refractivity contribution in [2.45, 2.75) is 32.7 Å². The van der Waals surface area contributed by atoms with E-state index in [1.54, 1.807) is 36.4 Å². The highest BCUT2D eigenvalue weighted by molar-refractivity contribution is 9.10. The molecule has 6 nitrogen and oxygen atoms in total. The Morgan fingerprint density at radius 3 is 2.25 bits per heavy atom. The van der Waals surface area contributed by atoms with E-state index in [-0.39, 0.29) is 16.9 Å². The third-order valence-corrected chi connectivity index (χ3v) is 8.32. The Balaban J connectivity index is 1.42. The van der Waals surface area contributed by atoms with Crippen LogP contribution < -0.4 is 14.2 Å². The zero-order valence-corrected chi connectivity index (χ0v) is 26.3. The number of amides is 2. The number of hydrogen-bond acceptors (Lipinski definition) is 6. The molecule has 0 aliphatic carbocycles. The first-order valence-electron chi connectivity index (χ1n) is 12.4. The second kappa shape index (κ2) is 12.9. The molecule has 0 aromatic heterocycles. The average molecular weight is 665 g/mol. The number of rotatable bonds is 9. The maximum Gasteiger partial charge on any atom is 0.293 e. The summed E-state index contributed by atoms with van der Waals surface area (Å²) in [6.45, 7) is 7.12. The highest BCUT2D eigenvalue weighted by Gasteiger charge is 2.36. The molecule has 1 aliphatic rings. The number of benzene rings is 3. The predicted molar refractivity (Wildman–Crippen MR) is 165 cm³/mol. The van der Waals surface area contributed by atoms with Crippen LogP contribution in [0.2, 0.25) is 10.0 Å². The highest BCUT2D eigenvalue weighted by atomic mass is 79.9. The van der Waals surface area contributed by atoms with Crippen LogP contribution in [-0.4, -0.2) is 36.4 Å². The Kier molecular flexibility index (Phi) is 9.77. The topological polar surface area (TPSA) is 65.1 Å². The third kappa shape index (κ3) is 7.16. The molecule has 4 rings (SSSR count). The summed E-state index contributed by atoms with van der Waals surface area (Å²) in [6, 6.07) is 16.6. The van der Waals surface area contributed by atoms with Crippen molar-refractivity contribution in [1.82, 2.24) is 4.90 Å². The second-order valence-electron chi connectivity index (χ2n) is 9.97. The fourth-order valence-electron chi connectivity index (χ4n) is 3.95. The van der Waals surface area contributed by atoms with Crippen molar-refractivity contribution in [2.75, 3.05) is 20.3 Å². The summed E-state index contributed by atoms with van der Waals surface area (Å²) in [4.78, 5) is 27.1. The molecule has 0 bridgehead atoms. The van der Waals surface area contributed by atoms with Gasteiger partial charge in [0.1, 0.15) is 19.0 Å². The summed E-state index contributed by atoms with van der Waals surface area (Å²) in [5.74, 6) is 1.32. The molecule has 210 valence electrons. The molecule has 0 atom stereocenters. The van der Waals surface area contributed by atoms with E-state index < -0.39 is 11.1 Å². The van der Waals surface area contributed by atoms with Crippen LogP contribution in [0.5, 0.6) is 17.2 Å². The molecule has 1 fully saturated rings. The molecule has 0 N–H and O–H groups in total. The Bertz CT molecular complexity index is 1430. The zero-order valence-electron chi connectivity index (χ0n) is 22.4. The lowest BCUT2D eigenvalue weighted by Gasteiger charge is -2.19. The van der Waals surface area contributed by atoms with Crippen molar-refractivity contribution in [2.24, 2.45) is 0 Å². The van der Waals surface area contributed by atoms with E-state index in [0.717, 1.165) is 22.4 Å². The van der Waals surface area contributed by atoms with E-state index in [0.29, 0.717) is 50.4 Å². The number of hydrogen-bond donors (Lipinski definition) is 0. The number of nitrogens with zero attached hydrogens (tertiary/aromatic N) is 1. The van der Waals surface area contributed by atoms with Gasteiger partial charge in [0, 0.05) is 15.6 Å². The Morgan fingerprint density at radius 2 is 1.62 bits per heavy atom. The number of ether oxygens (including phenoxy) is 3. The molecular formula is C30H28BrCl2NO5S. The van der Waals surface area contributed by atoms with Crippen molar-refractivity contribution >= 4 is 68.1 Å². The maximum atomic E-state index is 13.1. The molecule has 3 aromatic rings.